The van der Waals surface area contributed by atoms with Gasteiger partial charge in [0.25, 0.3) is 5.91 Å². The Morgan fingerprint density at radius 1 is 1.16 bits per heavy atom. The van der Waals surface area contributed by atoms with Gasteiger partial charge in [0.05, 0.1) is 5.71 Å². The van der Waals surface area contributed by atoms with Crippen molar-refractivity contribution < 1.29 is 28.4 Å². The van der Waals surface area contributed by atoms with E-state index in [0.29, 0.717) is 12.1 Å². The van der Waals surface area contributed by atoms with Gasteiger partial charge >= 0.3 is 0 Å². The number of amides is 1. The predicted octanol–water partition coefficient (Wildman–Crippen LogP) is 2.64. The molecule has 0 aromatic heterocycles. The summed E-state index contributed by atoms with van der Waals surface area (Å²) in [6, 6.07) is 15.8. The van der Waals surface area contributed by atoms with Crippen LogP contribution >= 0.6 is 0 Å². The topological polar surface area (TPSA) is 125 Å². The van der Waals surface area contributed by atoms with Crippen LogP contribution in [0.25, 0.3) is 11.1 Å². The third-order valence-corrected chi connectivity index (χ3v) is 8.04. The van der Waals surface area contributed by atoms with Crippen LogP contribution in [0.1, 0.15) is 43.7 Å². The number of aliphatic hydroxyl groups excluding tert-OH is 1. The van der Waals surface area contributed by atoms with Crippen LogP contribution in [-0.2, 0) is 19.5 Å². The van der Waals surface area contributed by atoms with Crippen molar-refractivity contribution in [3.05, 3.63) is 59.7 Å². The maximum Gasteiger partial charge on any atom is 0.264 e. The Morgan fingerprint density at radius 3 is 2.19 bits per heavy atom. The average Bonchev–Trinajstić information content (AvgIpc) is 3.25. The molecule has 9 heteroatoms. The van der Waals surface area contributed by atoms with Gasteiger partial charge in [0.2, 0.25) is 0 Å². The summed E-state index contributed by atoms with van der Waals surface area (Å²) in [7, 11) is -3.81. The molecule has 0 spiro atoms. The van der Waals surface area contributed by atoms with Crippen molar-refractivity contribution in [1.29, 1.82) is 0 Å². The third-order valence-electron chi connectivity index (χ3n) is 6.06. The van der Waals surface area contributed by atoms with Crippen LogP contribution in [0.3, 0.4) is 0 Å². The molecule has 0 fully saturated rings. The Balaban J connectivity index is 1.70. The van der Waals surface area contributed by atoms with E-state index in [1.807, 2.05) is 55.5 Å². The highest BCUT2D eigenvalue weighted by Crippen LogP contribution is 2.30. The van der Waals surface area contributed by atoms with Crippen LogP contribution in [0.5, 0.6) is 0 Å². The summed E-state index contributed by atoms with van der Waals surface area (Å²) in [6.45, 7) is 3.33. The first-order chi connectivity index (χ1) is 15.1. The first kappa shape index (κ1) is 23.9. The standard InChI is InChI=1S/C23H28N2O6S/c1-15(14-26)16-4-6-17(7-5-16)18-8-10-19(11-9-18)21-12-20(31-25-21)13-23(2,22(27)24-28)32(3,29)30/h4-11,15,20,26,28H,12-14H2,1-3H3,(H,24,27)/t15?,20-,23-/m1/s1. The number of carbonyl (C=O) groups excluding carboxylic acids is 1. The molecule has 3 N–H and O–H groups in total. The lowest BCUT2D eigenvalue weighted by Gasteiger charge is -2.26. The van der Waals surface area contributed by atoms with Gasteiger partial charge in [-0.15, -0.1) is 0 Å². The molecule has 2 aromatic rings. The fourth-order valence-electron chi connectivity index (χ4n) is 3.64. The minimum atomic E-state index is -3.81. The second-order valence-corrected chi connectivity index (χ2v) is 10.8. The highest BCUT2D eigenvalue weighted by molar-refractivity contribution is 7.92. The number of hydrogen-bond donors (Lipinski definition) is 3. The van der Waals surface area contributed by atoms with Crippen LogP contribution in [-0.4, -0.2) is 54.1 Å². The first-order valence-corrected chi connectivity index (χ1v) is 12.2. The zero-order valence-corrected chi connectivity index (χ0v) is 19.1. The first-order valence-electron chi connectivity index (χ1n) is 10.3. The van der Waals surface area contributed by atoms with E-state index < -0.39 is 26.6 Å². The molecule has 0 saturated carbocycles. The number of oxime groups is 1. The molecule has 1 amide bonds. The van der Waals surface area contributed by atoms with Gasteiger partial charge < -0.3 is 9.94 Å². The van der Waals surface area contributed by atoms with E-state index in [4.69, 9.17) is 10.0 Å². The predicted molar refractivity (Wildman–Crippen MR) is 121 cm³/mol. The van der Waals surface area contributed by atoms with Crippen molar-refractivity contribution in [3.63, 3.8) is 0 Å². The van der Waals surface area contributed by atoms with Gasteiger partial charge in [0.15, 0.2) is 14.6 Å². The lowest BCUT2D eigenvalue weighted by Crippen LogP contribution is -2.51. The highest BCUT2D eigenvalue weighted by atomic mass is 32.2. The van der Waals surface area contributed by atoms with Crippen molar-refractivity contribution in [3.8, 4) is 11.1 Å². The second kappa shape index (κ2) is 9.40. The lowest BCUT2D eigenvalue weighted by atomic mass is 9.95. The normalized spacial score (nSPS) is 18.9. The molecule has 1 aliphatic rings. The maximum atomic E-state index is 12.2. The van der Waals surface area contributed by atoms with E-state index in [2.05, 4.69) is 5.16 Å². The van der Waals surface area contributed by atoms with Crippen LogP contribution in [0.4, 0.5) is 0 Å². The van der Waals surface area contributed by atoms with Gasteiger partial charge in [-0.1, -0.05) is 60.6 Å². The van der Waals surface area contributed by atoms with Gasteiger partial charge in [-0.05, 0) is 29.2 Å². The number of benzene rings is 2. The zero-order chi connectivity index (χ0) is 23.5. The number of sulfone groups is 1. The molecule has 172 valence electrons. The molecule has 1 heterocycles. The van der Waals surface area contributed by atoms with Crippen LogP contribution < -0.4 is 5.48 Å². The average molecular weight is 461 g/mol. The quantitative estimate of drug-likeness (QED) is 0.411. The Bertz CT molecular complexity index is 1100. The van der Waals surface area contributed by atoms with Crippen molar-refractivity contribution >= 4 is 21.5 Å². The SMILES string of the molecule is CC(CO)c1ccc(-c2ccc(C3=NO[C@@H](C[C@](C)(C(=O)NO)S(C)(=O)=O)C3)cc2)cc1. The van der Waals surface area contributed by atoms with Gasteiger partial charge in [-0.25, -0.2) is 13.9 Å². The molecule has 0 bridgehead atoms. The Hall–Kier alpha value is -2.75. The number of carbonyl (C=O) groups is 1. The zero-order valence-electron chi connectivity index (χ0n) is 18.3. The number of rotatable bonds is 8. The Labute approximate surface area is 187 Å². The van der Waals surface area contributed by atoms with E-state index in [1.54, 1.807) is 0 Å². The summed E-state index contributed by atoms with van der Waals surface area (Å²) in [5.41, 5.74) is 6.09. The number of hydroxylamine groups is 1. The Kier molecular flexibility index (Phi) is 7.02. The summed E-state index contributed by atoms with van der Waals surface area (Å²) in [5.74, 6) is -0.909. The van der Waals surface area contributed by atoms with Crippen LogP contribution in [0.2, 0.25) is 0 Å². The molecule has 1 aliphatic heterocycles. The van der Waals surface area contributed by atoms with Crippen LogP contribution in [0, 0.1) is 0 Å². The van der Waals surface area contributed by atoms with E-state index in [0.717, 1.165) is 28.5 Å². The van der Waals surface area contributed by atoms with E-state index in [9.17, 15) is 18.3 Å². The molecular formula is C23H28N2O6S. The monoisotopic (exact) mass is 460 g/mol. The van der Waals surface area contributed by atoms with E-state index >= 15 is 0 Å². The summed E-state index contributed by atoms with van der Waals surface area (Å²) in [6.07, 6.45) is 0.552. The fourth-order valence-corrected chi connectivity index (χ4v) is 4.51. The smallest absolute Gasteiger partial charge is 0.264 e. The Morgan fingerprint density at radius 2 is 1.69 bits per heavy atom. The molecule has 0 aliphatic carbocycles. The minimum absolute atomic E-state index is 0.0905. The molecule has 32 heavy (non-hydrogen) atoms. The van der Waals surface area contributed by atoms with Gasteiger partial charge in [0.1, 0.15) is 6.10 Å². The number of nitrogens with one attached hydrogen (secondary N) is 1. The number of hydrogen-bond acceptors (Lipinski definition) is 7. The maximum absolute atomic E-state index is 12.2. The summed E-state index contributed by atoms with van der Waals surface area (Å²) >= 11 is 0. The largest absolute Gasteiger partial charge is 0.396 e. The second-order valence-electron chi connectivity index (χ2n) is 8.40. The molecule has 3 rings (SSSR count). The molecule has 3 atom stereocenters. The fraction of sp³-hybridized carbons (Fsp3) is 0.391. The van der Waals surface area contributed by atoms with Crippen LogP contribution in [0.15, 0.2) is 53.7 Å². The van der Waals surface area contributed by atoms with E-state index in [1.165, 1.54) is 12.4 Å². The number of aliphatic hydroxyl groups is 1. The van der Waals surface area contributed by atoms with Crippen molar-refractivity contribution in [2.75, 3.05) is 12.9 Å². The molecule has 0 radical (unpaired) electrons. The van der Waals surface area contributed by atoms with Crippen molar-refractivity contribution in [2.24, 2.45) is 5.16 Å². The van der Waals surface area contributed by atoms with Gasteiger partial charge in [0, 0.05) is 31.6 Å². The molecule has 8 nitrogen and oxygen atoms in total. The minimum Gasteiger partial charge on any atom is -0.396 e. The van der Waals surface area contributed by atoms with Crippen molar-refractivity contribution in [2.45, 2.75) is 43.5 Å². The summed E-state index contributed by atoms with van der Waals surface area (Å²) in [5, 5.41) is 22.3. The molecular weight excluding hydrogens is 432 g/mol. The number of nitrogens with zero attached hydrogens (tertiary/aromatic N) is 1. The van der Waals surface area contributed by atoms with E-state index in [-0.39, 0.29) is 18.9 Å². The summed E-state index contributed by atoms with van der Waals surface area (Å²) in [4.78, 5) is 17.4. The summed E-state index contributed by atoms with van der Waals surface area (Å²) < 4.78 is 22.5. The van der Waals surface area contributed by atoms with Crippen molar-refractivity contribution in [1.82, 2.24) is 5.48 Å². The van der Waals surface area contributed by atoms with Gasteiger partial charge in [-0.2, -0.15) is 0 Å². The highest BCUT2D eigenvalue weighted by Gasteiger charge is 2.47. The lowest BCUT2D eigenvalue weighted by molar-refractivity contribution is -0.132. The molecule has 1 unspecified atom stereocenters. The third kappa shape index (κ3) is 4.85. The molecule has 0 saturated heterocycles. The molecule has 2 aromatic carbocycles. The van der Waals surface area contributed by atoms with Gasteiger partial charge in [-0.3, -0.25) is 10.0 Å².